The number of amides is 2. The number of ether oxygens (including phenoxy) is 1. The third-order valence-corrected chi connectivity index (χ3v) is 8.67. The maximum Gasteiger partial charge on any atom is 0.270 e. The molecule has 1 atom stereocenters. The zero-order chi connectivity index (χ0) is 25.2. The average Bonchev–Trinajstić information content (AvgIpc) is 3.38. The predicted octanol–water partition coefficient (Wildman–Crippen LogP) is 5.53. The van der Waals surface area contributed by atoms with Gasteiger partial charge >= 0.3 is 0 Å². The van der Waals surface area contributed by atoms with Gasteiger partial charge in [0.05, 0.1) is 6.04 Å². The Labute approximate surface area is 222 Å². The van der Waals surface area contributed by atoms with Crippen molar-refractivity contribution < 1.29 is 14.3 Å². The Bertz CT molecular complexity index is 1260. The van der Waals surface area contributed by atoms with Gasteiger partial charge in [-0.3, -0.25) is 9.59 Å². The highest BCUT2D eigenvalue weighted by atomic mass is 32.1. The van der Waals surface area contributed by atoms with E-state index in [1.807, 2.05) is 24.3 Å². The average molecular weight is 516 g/mol. The lowest BCUT2D eigenvalue weighted by Crippen LogP contribution is -2.43. The van der Waals surface area contributed by atoms with Crippen LogP contribution in [0, 0.1) is 11.8 Å². The number of benzene rings is 2. The number of rotatable bonds is 8. The molecule has 0 radical (unpaired) electrons. The van der Waals surface area contributed by atoms with Crippen molar-refractivity contribution >= 4 is 23.2 Å². The second kappa shape index (κ2) is 10.7. The number of fused-ring (bicyclic) bond motifs is 1. The summed E-state index contributed by atoms with van der Waals surface area (Å²) in [5, 5.41) is 5.54. The molecule has 1 aromatic heterocycles. The van der Waals surface area contributed by atoms with Crippen molar-refractivity contribution in [2.45, 2.75) is 57.6 Å². The van der Waals surface area contributed by atoms with E-state index >= 15 is 0 Å². The molecular weight excluding hydrogens is 482 g/mol. The molecule has 6 rings (SSSR count). The summed E-state index contributed by atoms with van der Waals surface area (Å²) in [6.45, 7) is 1.78. The fourth-order valence-electron chi connectivity index (χ4n) is 5.60. The summed E-state index contributed by atoms with van der Waals surface area (Å²) in [7, 11) is 0. The SMILES string of the molecule is O=C(NCC1CC1)c1csc(COc2ccc3c(c2)[C@@H](c2ccccc2)N(C(=O)C2CCCC2)CC3)n1. The summed E-state index contributed by atoms with van der Waals surface area (Å²) in [4.78, 5) is 32.5. The molecule has 2 aromatic carbocycles. The van der Waals surface area contributed by atoms with Crippen molar-refractivity contribution in [2.75, 3.05) is 13.1 Å². The van der Waals surface area contributed by atoms with Gasteiger partial charge in [0.2, 0.25) is 5.91 Å². The molecule has 1 aliphatic heterocycles. The molecule has 0 saturated heterocycles. The largest absolute Gasteiger partial charge is 0.486 e. The summed E-state index contributed by atoms with van der Waals surface area (Å²) in [6.07, 6.45) is 7.56. The van der Waals surface area contributed by atoms with Gasteiger partial charge in [0, 0.05) is 24.4 Å². The second-order valence-electron chi connectivity index (χ2n) is 10.5. The van der Waals surface area contributed by atoms with Crippen LogP contribution < -0.4 is 10.1 Å². The molecule has 1 N–H and O–H groups in total. The number of nitrogens with one attached hydrogen (secondary N) is 1. The molecule has 6 nitrogen and oxygen atoms in total. The van der Waals surface area contributed by atoms with Crippen molar-refractivity contribution in [1.29, 1.82) is 0 Å². The summed E-state index contributed by atoms with van der Waals surface area (Å²) >= 11 is 1.44. The maximum atomic E-state index is 13.6. The van der Waals surface area contributed by atoms with E-state index in [1.54, 1.807) is 5.38 Å². The highest BCUT2D eigenvalue weighted by molar-refractivity contribution is 7.09. The van der Waals surface area contributed by atoms with Crippen LogP contribution in [0.25, 0.3) is 0 Å². The standard InChI is InChI=1S/C30H33N3O3S/c34-29(31-17-20-10-11-20)26-19-37-27(32-26)18-36-24-13-12-21-14-15-33(30(35)23-8-4-5-9-23)28(25(21)16-24)22-6-2-1-3-7-22/h1-3,6-7,12-13,16,19-20,23,28H,4-5,8-11,14-15,17-18H2,(H,31,34)/t28-/m1/s1. The van der Waals surface area contributed by atoms with Crippen LogP contribution in [0.4, 0.5) is 0 Å². The molecular formula is C30H33N3O3S. The first-order valence-corrected chi connectivity index (χ1v) is 14.4. The molecule has 7 heteroatoms. The monoisotopic (exact) mass is 515 g/mol. The van der Waals surface area contributed by atoms with E-state index in [2.05, 4.69) is 39.5 Å². The van der Waals surface area contributed by atoms with Crippen LogP contribution in [0.5, 0.6) is 5.75 Å². The zero-order valence-corrected chi connectivity index (χ0v) is 21.8. The highest BCUT2D eigenvalue weighted by Gasteiger charge is 2.36. The van der Waals surface area contributed by atoms with Crippen LogP contribution in [0.15, 0.2) is 53.9 Å². The summed E-state index contributed by atoms with van der Waals surface area (Å²) < 4.78 is 6.15. The van der Waals surface area contributed by atoms with Gasteiger partial charge in [-0.25, -0.2) is 4.98 Å². The lowest BCUT2D eigenvalue weighted by atomic mass is 9.87. The zero-order valence-electron chi connectivity index (χ0n) is 21.0. The molecule has 0 bridgehead atoms. The van der Waals surface area contributed by atoms with Crippen molar-refractivity contribution in [1.82, 2.24) is 15.2 Å². The molecule has 3 aliphatic rings. The van der Waals surface area contributed by atoms with E-state index in [0.29, 0.717) is 24.1 Å². The summed E-state index contributed by atoms with van der Waals surface area (Å²) in [6, 6.07) is 16.5. The van der Waals surface area contributed by atoms with E-state index in [1.165, 1.54) is 29.7 Å². The predicted molar refractivity (Wildman–Crippen MR) is 144 cm³/mol. The molecule has 2 fully saturated rings. The van der Waals surface area contributed by atoms with Gasteiger partial charge in [0.1, 0.15) is 23.1 Å². The molecule has 0 spiro atoms. The maximum absolute atomic E-state index is 13.6. The smallest absolute Gasteiger partial charge is 0.270 e. The third kappa shape index (κ3) is 5.42. The molecule has 2 saturated carbocycles. The minimum Gasteiger partial charge on any atom is -0.486 e. The second-order valence-corrected chi connectivity index (χ2v) is 11.4. The first-order chi connectivity index (χ1) is 18.2. The van der Waals surface area contributed by atoms with E-state index in [0.717, 1.165) is 67.1 Å². The van der Waals surface area contributed by atoms with E-state index < -0.39 is 0 Å². The Kier molecular flexibility index (Phi) is 6.96. The first-order valence-electron chi connectivity index (χ1n) is 13.5. The molecule has 0 unspecified atom stereocenters. The number of carbonyl (C=O) groups is 2. The number of thiazole rings is 1. The Morgan fingerprint density at radius 2 is 1.86 bits per heavy atom. The normalized spacial score (nSPS) is 19.5. The van der Waals surface area contributed by atoms with E-state index in [-0.39, 0.29) is 17.9 Å². The number of hydrogen-bond donors (Lipinski definition) is 1. The van der Waals surface area contributed by atoms with Crippen molar-refractivity contribution in [3.05, 3.63) is 81.3 Å². The van der Waals surface area contributed by atoms with Gasteiger partial charge in [0.25, 0.3) is 5.91 Å². The number of aromatic nitrogens is 1. The van der Waals surface area contributed by atoms with Gasteiger partial charge in [-0.2, -0.15) is 0 Å². The lowest BCUT2D eigenvalue weighted by molar-refractivity contribution is -0.137. The van der Waals surface area contributed by atoms with Crippen LogP contribution in [-0.2, 0) is 17.8 Å². The third-order valence-electron chi connectivity index (χ3n) is 7.84. The molecule has 2 heterocycles. The molecule has 2 aliphatic carbocycles. The quantitative estimate of drug-likeness (QED) is 0.428. The molecule has 3 aromatic rings. The van der Waals surface area contributed by atoms with Crippen molar-refractivity contribution in [3.8, 4) is 5.75 Å². The lowest BCUT2D eigenvalue weighted by Gasteiger charge is -2.39. The Hall–Kier alpha value is -3.19. The topological polar surface area (TPSA) is 71.5 Å². The fraction of sp³-hybridized carbons (Fsp3) is 0.433. The fourth-order valence-corrected chi connectivity index (χ4v) is 6.28. The number of hydrogen-bond acceptors (Lipinski definition) is 5. The Morgan fingerprint density at radius 3 is 2.65 bits per heavy atom. The molecule has 2 amide bonds. The van der Waals surface area contributed by atoms with E-state index in [4.69, 9.17) is 4.74 Å². The van der Waals surface area contributed by atoms with Gasteiger partial charge in [0.15, 0.2) is 0 Å². The van der Waals surface area contributed by atoms with Gasteiger partial charge in [-0.05, 0) is 66.8 Å². The molecule has 192 valence electrons. The minimum atomic E-state index is -0.110. The number of carbonyl (C=O) groups excluding carboxylic acids is 2. The van der Waals surface area contributed by atoms with Gasteiger partial charge in [-0.15, -0.1) is 11.3 Å². The number of nitrogens with zero attached hydrogens (tertiary/aromatic N) is 2. The highest BCUT2D eigenvalue weighted by Crippen LogP contribution is 2.39. The Balaban J connectivity index is 1.20. The van der Waals surface area contributed by atoms with Crippen molar-refractivity contribution in [2.24, 2.45) is 11.8 Å². The minimum absolute atomic E-state index is 0.108. The van der Waals surface area contributed by atoms with Crippen molar-refractivity contribution in [3.63, 3.8) is 0 Å². The van der Waals surface area contributed by atoms with Crippen LogP contribution >= 0.6 is 11.3 Å². The van der Waals surface area contributed by atoms with Crippen LogP contribution in [0.3, 0.4) is 0 Å². The van der Waals surface area contributed by atoms with Crippen LogP contribution in [-0.4, -0.2) is 34.8 Å². The first kappa shape index (κ1) is 24.2. The van der Waals surface area contributed by atoms with Crippen LogP contribution in [0.1, 0.15) is 76.8 Å². The summed E-state index contributed by atoms with van der Waals surface area (Å²) in [5.41, 5.74) is 4.00. The van der Waals surface area contributed by atoms with Crippen LogP contribution in [0.2, 0.25) is 0 Å². The van der Waals surface area contributed by atoms with Gasteiger partial charge in [-0.1, -0.05) is 49.2 Å². The van der Waals surface area contributed by atoms with E-state index in [9.17, 15) is 9.59 Å². The Morgan fingerprint density at radius 1 is 1.05 bits per heavy atom. The summed E-state index contributed by atoms with van der Waals surface area (Å²) in [5.74, 6) is 1.72. The van der Waals surface area contributed by atoms with Gasteiger partial charge < -0.3 is 15.0 Å². The molecule has 37 heavy (non-hydrogen) atoms.